The van der Waals surface area contributed by atoms with Gasteiger partial charge in [0.25, 0.3) is 0 Å². The summed E-state index contributed by atoms with van der Waals surface area (Å²) in [6.45, 7) is 5.52. The second kappa shape index (κ2) is 7.10. The molecule has 1 saturated carbocycles. The molecule has 28 heavy (non-hydrogen) atoms. The van der Waals surface area contributed by atoms with E-state index in [1.807, 2.05) is 18.2 Å². The van der Waals surface area contributed by atoms with Gasteiger partial charge in [-0.05, 0) is 35.8 Å². The molecule has 1 spiro atoms. The van der Waals surface area contributed by atoms with Crippen LogP contribution >= 0.6 is 0 Å². The lowest BCUT2D eigenvalue weighted by atomic mass is 9.68. The van der Waals surface area contributed by atoms with E-state index in [2.05, 4.69) is 42.7 Å². The van der Waals surface area contributed by atoms with Crippen molar-refractivity contribution in [2.75, 3.05) is 13.1 Å². The number of hydroxylamine groups is 1. The van der Waals surface area contributed by atoms with E-state index < -0.39 is 29.3 Å². The largest absolute Gasteiger partial charge is 0.306 e. The van der Waals surface area contributed by atoms with Gasteiger partial charge in [-0.2, -0.15) is 0 Å². The zero-order valence-corrected chi connectivity index (χ0v) is 16.5. The first kappa shape index (κ1) is 19.3. The number of ketones is 1. The van der Waals surface area contributed by atoms with Gasteiger partial charge in [-0.25, -0.2) is 5.48 Å². The maximum absolute atomic E-state index is 13.6. The average Bonchev–Trinajstić information content (AvgIpc) is 3.45. The molecular formula is C22H29N3O3. The molecule has 1 amide bonds. The molecule has 0 aromatic heterocycles. The number of carbonyl (C=O) groups is 2. The number of piperidine rings is 1. The Kier molecular flexibility index (Phi) is 4.89. The molecule has 0 bridgehead atoms. The van der Waals surface area contributed by atoms with Crippen LogP contribution in [0.2, 0.25) is 0 Å². The van der Waals surface area contributed by atoms with Crippen molar-refractivity contribution >= 4 is 17.3 Å². The van der Waals surface area contributed by atoms with Gasteiger partial charge in [0.2, 0.25) is 5.91 Å². The van der Waals surface area contributed by atoms with Crippen LogP contribution < -0.4 is 16.1 Å². The molecule has 2 fully saturated rings. The maximum Gasteiger partial charge on any atom is 0.248 e. The van der Waals surface area contributed by atoms with E-state index in [9.17, 15) is 14.8 Å². The SMILES string of the molecule is CC1(C)C(c2ccccc2)=CCNC1C(=O)[C@H]1NCC2(CC2)C[C@@H]1C(=O)NO. The molecule has 3 atom stereocenters. The van der Waals surface area contributed by atoms with Crippen molar-refractivity contribution in [2.24, 2.45) is 16.7 Å². The van der Waals surface area contributed by atoms with Crippen molar-refractivity contribution in [1.82, 2.24) is 16.1 Å². The van der Waals surface area contributed by atoms with Crippen LogP contribution in [-0.4, -0.2) is 42.1 Å². The quantitative estimate of drug-likeness (QED) is 0.471. The minimum atomic E-state index is -0.592. The van der Waals surface area contributed by atoms with E-state index >= 15 is 0 Å². The normalized spacial score (nSPS) is 30.4. The molecule has 4 rings (SSSR count). The van der Waals surface area contributed by atoms with Gasteiger partial charge in [-0.3, -0.25) is 14.8 Å². The third-order valence-electron chi connectivity index (χ3n) is 6.88. The molecule has 2 heterocycles. The molecule has 1 unspecified atom stereocenters. The Bertz CT molecular complexity index is 799. The predicted octanol–water partition coefficient (Wildman–Crippen LogP) is 1.90. The lowest BCUT2D eigenvalue weighted by Crippen LogP contribution is -2.62. The first-order chi connectivity index (χ1) is 13.4. The zero-order valence-electron chi connectivity index (χ0n) is 16.5. The average molecular weight is 383 g/mol. The Hall–Kier alpha value is -2.02. The third-order valence-corrected chi connectivity index (χ3v) is 6.88. The van der Waals surface area contributed by atoms with Crippen molar-refractivity contribution in [3.8, 4) is 0 Å². The van der Waals surface area contributed by atoms with Gasteiger partial charge >= 0.3 is 0 Å². The molecular weight excluding hydrogens is 354 g/mol. The van der Waals surface area contributed by atoms with Gasteiger partial charge in [-0.15, -0.1) is 0 Å². The molecule has 150 valence electrons. The van der Waals surface area contributed by atoms with Crippen LogP contribution in [0.4, 0.5) is 0 Å². The summed E-state index contributed by atoms with van der Waals surface area (Å²) in [5, 5.41) is 15.9. The Morgan fingerprint density at radius 2 is 1.86 bits per heavy atom. The van der Waals surface area contributed by atoms with Crippen LogP contribution in [0.3, 0.4) is 0 Å². The summed E-state index contributed by atoms with van der Waals surface area (Å²) in [6.07, 6.45) is 4.94. The number of Topliss-reactive ketones (excluding diaryl/α,β-unsaturated/α-hetero) is 1. The zero-order chi connectivity index (χ0) is 19.9. The summed E-state index contributed by atoms with van der Waals surface area (Å²) < 4.78 is 0. The molecule has 1 aliphatic carbocycles. The molecule has 6 nitrogen and oxygen atoms in total. The molecule has 4 N–H and O–H groups in total. The second-order valence-electron chi connectivity index (χ2n) is 9.09. The third kappa shape index (κ3) is 3.30. The van der Waals surface area contributed by atoms with Crippen LogP contribution in [0.5, 0.6) is 0 Å². The highest BCUT2D eigenvalue weighted by Gasteiger charge is 2.54. The molecule has 2 aliphatic heterocycles. The van der Waals surface area contributed by atoms with Crippen LogP contribution in [0.25, 0.3) is 5.57 Å². The van der Waals surface area contributed by atoms with Crippen molar-refractivity contribution in [3.05, 3.63) is 42.0 Å². The first-order valence-electron chi connectivity index (χ1n) is 10.1. The van der Waals surface area contributed by atoms with Crippen molar-refractivity contribution < 1.29 is 14.8 Å². The van der Waals surface area contributed by atoms with Gasteiger partial charge in [0.05, 0.1) is 18.0 Å². The topological polar surface area (TPSA) is 90.5 Å². The molecule has 1 aromatic rings. The van der Waals surface area contributed by atoms with Crippen molar-refractivity contribution in [3.63, 3.8) is 0 Å². The summed E-state index contributed by atoms with van der Waals surface area (Å²) >= 11 is 0. The fourth-order valence-electron chi connectivity index (χ4n) is 5.00. The van der Waals surface area contributed by atoms with Gasteiger partial charge < -0.3 is 10.6 Å². The van der Waals surface area contributed by atoms with Crippen LogP contribution in [-0.2, 0) is 9.59 Å². The Labute approximate surface area is 165 Å². The number of hydrogen-bond acceptors (Lipinski definition) is 5. The van der Waals surface area contributed by atoms with Crippen molar-refractivity contribution in [2.45, 2.75) is 45.2 Å². The summed E-state index contributed by atoms with van der Waals surface area (Å²) in [5.41, 5.74) is 3.74. The van der Waals surface area contributed by atoms with E-state index in [1.54, 1.807) is 5.48 Å². The Balaban J connectivity index is 1.60. The summed E-state index contributed by atoms with van der Waals surface area (Å²) in [7, 11) is 0. The molecule has 0 radical (unpaired) electrons. The highest BCUT2D eigenvalue weighted by atomic mass is 16.5. The Morgan fingerprint density at radius 1 is 1.14 bits per heavy atom. The van der Waals surface area contributed by atoms with Gasteiger partial charge in [0, 0.05) is 18.5 Å². The van der Waals surface area contributed by atoms with E-state index in [0.29, 0.717) is 13.0 Å². The molecule has 3 aliphatic rings. The summed E-state index contributed by atoms with van der Waals surface area (Å²) in [6, 6.07) is 9.13. The lowest BCUT2D eigenvalue weighted by molar-refractivity contribution is -0.141. The maximum atomic E-state index is 13.6. The van der Waals surface area contributed by atoms with Crippen LogP contribution in [0.1, 0.15) is 38.7 Å². The van der Waals surface area contributed by atoms with Crippen molar-refractivity contribution in [1.29, 1.82) is 0 Å². The summed E-state index contributed by atoms with van der Waals surface area (Å²) in [4.78, 5) is 25.9. The van der Waals surface area contributed by atoms with Crippen LogP contribution in [0, 0.1) is 16.7 Å². The van der Waals surface area contributed by atoms with E-state index in [-0.39, 0.29) is 11.2 Å². The fraction of sp³-hybridized carbons (Fsp3) is 0.545. The standard InChI is InChI=1S/C22H29N3O3/c1-21(2)16(14-6-4-3-5-7-14)8-11-23-19(21)18(26)17-15(20(27)25-28)12-22(9-10-22)13-24-17/h3-8,15,17,19,23-24,28H,9-13H2,1-2H3,(H,25,27)/t15-,17-,19?/m0/s1. The first-order valence-corrected chi connectivity index (χ1v) is 10.1. The highest BCUT2D eigenvalue weighted by molar-refractivity contribution is 5.97. The highest BCUT2D eigenvalue weighted by Crippen LogP contribution is 2.53. The molecule has 1 saturated heterocycles. The molecule has 6 heteroatoms. The minimum Gasteiger partial charge on any atom is -0.306 e. The second-order valence-corrected chi connectivity index (χ2v) is 9.09. The summed E-state index contributed by atoms with van der Waals surface area (Å²) in [5.74, 6) is -1.02. The predicted molar refractivity (Wildman–Crippen MR) is 106 cm³/mol. The number of hydrogen-bond donors (Lipinski definition) is 4. The minimum absolute atomic E-state index is 0.00405. The van der Waals surface area contributed by atoms with Gasteiger partial charge in [-0.1, -0.05) is 50.3 Å². The number of carbonyl (C=O) groups excluding carboxylic acids is 2. The van der Waals surface area contributed by atoms with Gasteiger partial charge in [0.15, 0.2) is 5.78 Å². The fourth-order valence-corrected chi connectivity index (χ4v) is 5.00. The molecule has 1 aromatic carbocycles. The van der Waals surface area contributed by atoms with Gasteiger partial charge in [0.1, 0.15) is 0 Å². The lowest BCUT2D eigenvalue weighted by Gasteiger charge is -2.44. The van der Waals surface area contributed by atoms with E-state index in [1.165, 1.54) is 0 Å². The Morgan fingerprint density at radius 3 is 2.50 bits per heavy atom. The monoisotopic (exact) mass is 383 g/mol. The number of benzene rings is 1. The van der Waals surface area contributed by atoms with Crippen LogP contribution in [0.15, 0.2) is 36.4 Å². The number of amides is 1. The number of nitrogens with one attached hydrogen (secondary N) is 3. The van der Waals surface area contributed by atoms with E-state index in [0.717, 1.165) is 30.5 Å². The number of rotatable bonds is 4. The smallest absolute Gasteiger partial charge is 0.248 e. The van der Waals surface area contributed by atoms with E-state index in [4.69, 9.17) is 0 Å².